The quantitative estimate of drug-likeness (QED) is 0.798. The fourth-order valence-electron chi connectivity index (χ4n) is 1.42. The number of hydrogen-bond donors (Lipinski definition) is 1. The molecule has 0 atom stereocenters. The Bertz CT molecular complexity index is 470. The zero-order chi connectivity index (χ0) is 11.4. The minimum absolute atomic E-state index is 0.759. The first-order chi connectivity index (χ1) is 7.74. The molecule has 2 nitrogen and oxygen atoms in total. The lowest BCUT2D eigenvalue weighted by atomic mass is 10.2. The highest BCUT2D eigenvalue weighted by atomic mass is 127. The lowest BCUT2D eigenvalue weighted by molar-refractivity contribution is 0.463. The second-order valence-electron chi connectivity index (χ2n) is 3.44. The molecule has 0 unspecified atom stereocenters. The van der Waals surface area contributed by atoms with Crippen LogP contribution in [-0.2, 0) is 13.1 Å². The van der Waals surface area contributed by atoms with Gasteiger partial charge in [-0.15, -0.1) is 0 Å². The van der Waals surface area contributed by atoms with E-state index in [0.29, 0.717) is 0 Å². The van der Waals surface area contributed by atoms with Crippen LogP contribution in [0.2, 0.25) is 0 Å². The number of hydrogen-bond acceptors (Lipinski definition) is 2. The smallest absolute Gasteiger partial charge is 0.164 e. The van der Waals surface area contributed by atoms with E-state index in [1.165, 1.54) is 5.56 Å². The third kappa shape index (κ3) is 3.61. The van der Waals surface area contributed by atoms with Crippen LogP contribution in [0.3, 0.4) is 0 Å². The molecule has 2 rings (SSSR count). The minimum atomic E-state index is 0.759. The summed E-state index contributed by atoms with van der Waals surface area (Å²) in [5.74, 6) is 0.972. The maximum absolute atomic E-state index is 5.46. The molecule has 1 N–H and O–H groups in total. The van der Waals surface area contributed by atoms with Crippen molar-refractivity contribution in [3.63, 3.8) is 0 Å². The van der Waals surface area contributed by atoms with E-state index in [2.05, 4.69) is 56.0 Å². The maximum Gasteiger partial charge on any atom is 0.164 e. The van der Waals surface area contributed by atoms with Crippen molar-refractivity contribution in [3.8, 4) is 0 Å². The Morgan fingerprint density at radius 1 is 1.19 bits per heavy atom. The molecule has 16 heavy (non-hydrogen) atoms. The molecule has 0 bridgehead atoms. The van der Waals surface area contributed by atoms with Gasteiger partial charge in [0.15, 0.2) is 3.77 Å². The molecule has 4 heteroatoms. The standard InChI is InChI=1S/C12H11BrINO/c13-10-3-1-2-9(6-10)7-15-8-11-4-5-12(14)16-11/h1-6,15H,7-8H2. The highest BCUT2D eigenvalue weighted by Gasteiger charge is 1.99. The molecule has 1 aromatic carbocycles. The van der Waals surface area contributed by atoms with Crippen molar-refractivity contribution in [1.29, 1.82) is 0 Å². The SMILES string of the molecule is Brc1cccc(CNCc2ccc(I)o2)c1. The summed E-state index contributed by atoms with van der Waals surface area (Å²) in [5, 5.41) is 3.34. The molecule has 0 radical (unpaired) electrons. The van der Waals surface area contributed by atoms with E-state index in [1.807, 2.05) is 24.3 Å². The third-order valence-electron chi connectivity index (χ3n) is 2.15. The summed E-state index contributed by atoms with van der Waals surface area (Å²) in [7, 11) is 0. The molecule has 0 aliphatic heterocycles. The van der Waals surface area contributed by atoms with E-state index >= 15 is 0 Å². The zero-order valence-corrected chi connectivity index (χ0v) is 12.3. The predicted octanol–water partition coefficient (Wildman–Crippen LogP) is 3.94. The van der Waals surface area contributed by atoms with Crippen molar-refractivity contribution in [2.75, 3.05) is 0 Å². The van der Waals surface area contributed by atoms with Crippen molar-refractivity contribution >= 4 is 38.5 Å². The fraction of sp³-hybridized carbons (Fsp3) is 0.167. The van der Waals surface area contributed by atoms with Crippen LogP contribution in [0.5, 0.6) is 0 Å². The molecule has 0 saturated carbocycles. The van der Waals surface area contributed by atoms with Gasteiger partial charge in [0.25, 0.3) is 0 Å². The van der Waals surface area contributed by atoms with Gasteiger partial charge in [-0.05, 0) is 52.4 Å². The van der Waals surface area contributed by atoms with Gasteiger partial charge < -0.3 is 9.73 Å². The summed E-state index contributed by atoms with van der Waals surface area (Å²) in [6.07, 6.45) is 0. The highest BCUT2D eigenvalue weighted by Crippen LogP contribution is 2.12. The lowest BCUT2D eigenvalue weighted by Crippen LogP contribution is -2.11. The van der Waals surface area contributed by atoms with Crippen LogP contribution in [0.1, 0.15) is 11.3 Å². The zero-order valence-electron chi connectivity index (χ0n) is 8.54. The van der Waals surface area contributed by atoms with E-state index in [-0.39, 0.29) is 0 Å². The average molecular weight is 392 g/mol. The first-order valence-corrected chi connectivity index (χ1v) is 6.80. The Morgan fingerprint density at radius 3 is 2.75 bits per heavy atom. The summed E-state index contributed by atoms with van der Waals surface area (Å²) in [4.78, 5) is 0. The monoisotopic (exact) mass is 391 g/mol. The van der Waals surface area contributed by atoms with Crippen LogP contribution in [-0.4, -0.2) is 0 Å². The Kier molecular flexibility index (Phi) is 4.43. The molecule has 1 aromatic heterocycles. The molecule has 0 fully saturated rings. The molecule has 1 heterocycles. The van der Waals surface area contributed by atoms with Crippen molar-refractivity contribution in [2.45, 2.75) is 13.1 Å². The van der Waals surface area contributed by atoms with E-state index in [0.717, 1.165) is 27.1 Å². The van der Waals surface area contributed by atoms with Crippen LogP contribution < -0.4 is 5.32 Å². The molecular weight excluding hydrogens is 381 g/mol. The van der Waals surface area contributed by atoms with Crippen LogP contribution in [0.4, 0.5) is 0 Å². The molecule has 2 aromatic rings. The maximum atomic E-state index is 5.46. The van der Waals surface area contributed by atoms with E-state index in [1.54, 1.807) is 0 Å². The summed E-state index contributed by atoms with van der Waals surface area (Å²) in [6, 6.07) is 12.2. The molecule has 0 amide bonds. The van der Waals surface area contributed by atoms with Crippen molar-refractivity contribution < 1.29 is 4.42 Å². The fourth-order valence-corrected chi connectivity index (χ4v) is 2.33. The van der Waals surface area contributed by atoms with Gasteiger partial charge >= 0.3 is 0 Å². The summed E-state index contributed by atoms with van der Waals surface area (Å²) < 4.78 is 7.50. The van der Waals surface area contributed by atoms with Gasteiger partial charge in [0.1, 0.15) is 5.76 Å². The van der Waals surface area contributed by atoms with Crippen LogP contribution in [0.15, 0.2) is 45.3 Å². The van der Waals surface area contributed by atoms with Gasteiger partial charge in [-0.25, -0.2) is 0 Å². The van der Waals surface area contributed by atoms with Crippen LogP contribution >= 0.6 is 38.5 Å². The van der Waals surface area contributed by atoms with Gasteiger partial charge in [0, 0.05) is 11.0 Å². The summed E-state index contributed by atoms with van der Waals surface area (Å²) >= 11 is 5.62. The number of halogens is 2. The molecule has 0 aliphatic rings. The van der Waals surface area contributed by atoms with E-state index in [9.17, 15) is 0 Å². The largest absolute Gasteiger partial charge is 0.454 e. The van der Waals surface area contributed by atoms with Gasteiger partial charge in [0.2, 0.25) is 0 Å². The van der Waals surface area contributed by atoms with E-state index < -0.39 is 0 Å². The summed E-state index contributed by atoms with van der Waals surface area (Å²) in [6.45, 7) is 1.60. The Hall–Kier alpha value is -0.330. The Morgan fingerprint density at radius 2 is 2.06 bits per heavy atom. The van der Waals surface area contributed by atoms with Gasteiger partial charge in [0.05, 0.1) is 6.54 Å². The van der Waals surface area contributed by atoms with E-state index in [4.69, 9.17) is 4.42 Å². The number of benzene rings is 1. The van der Waals surface area contributed by atoms with Gasteiger partial charge in [-0.1, -0.05) is 28.1 Å². The number of nitrogens with one attached hydrogen (secondary N) is 1. The van der Waals surface area contributed by atoms with Crippen molar-refractivity contribution in [2.24, 2.45) is 0 Å². The molecule has 0 saturated heterocycles. The second-order valence-corrected chi connectivity index (χ2v) is 5.42. The van der Waals surface area contributed by atoms with Gasteiger partial charge in [-0.2, -0.15) is 0 Å². The predicted molar refractivity (Wildman–Crippen MR) is 76.1 cm³/mol. The first-order valence-electron chi connectivity index (χ1n) is 4.93. The number of rotatable bonds is 4. The Balaban J connectivity index is 1.84. The topological polar surface area (TPSA) is 25.2 Å². The normalized spacial score (nSPS) is 10.6. The molecule has 0 aliphatic carbocycles. The van der Waals surface area contributed by atoms with Crippen molar-refractivity contribution in [1.82, 2.24) is 5.32 Å². The molecule has 84 valence electrons. The van der Waals surface area contributed by atoms with Crippen LogP contribution in [0.25, 0.3) is 0 Å². The average Bonchev–Trinajstić information content (AvgIpc) is 2.64. The highest BCUT2D eigenvalue weighted by molar-refractivity contribution is 14.1. The molecular formula is C12H11BrINO. The Labute approximate surface area is 117 Å². The van der Waals surface area contributed by atoms with Gasteiger partial charge in [-0.3, -0.25) is 0 Å². The number of furan rings is 1. The lowest BCUT2D eigenvalue weighted by Gasteiger charge is -2.03. The summed E-state index contributed by atoms with van der Waals surface area (Å²) in [5.41, 5.74) is 1.26. The minimum Gasteiger partial charge on any atom is -0.454 e. The third-order valence-corrected chi connectivity index (χ3v) is 3.22. The molecule has 0 spiro atoms. The second kappa shape index (κ2) is 5.84. The van der Waals surface area contributed by atoms with Crippen LogP contribution in [0, 0.1) is 3.77 Å². The first kappa shape index (κ1) is 12.1. The van der Waals surface area contributed by atoms with Crippen molar-refractivity contribution in [3.05, 3.63) is 56.0 Å².